The van der Waals surface area contributed by atoms with E-state index >= 15 is 0 Å². The maximum Gasteiger partial charge on any atom is 0.223 e. The lowest BCUT2D eigenvalue weighted by molar-refractivity contribution is 0.0853. The van der Waals surface area contributed by atoms with Crippen LogP contribution in [0.15, 0.2) is 6.07 Å². The molecule has 6 nitrogen and oxygen atoms in total. The molecule has 0 atom stereocenters. The molecule has 3 N–H and O–H groups in total. The van der Waals surface area contributed by atoms with E-state index in [1.807, 2.05) is 6.07 Å². The van der Waals surface area contributed by atoms with Crippen LogP contribution < -0.4 is 16.0 Å². The van der Waals surface area contributed by atoms with Gasteiger partial charge in [-0.3, -0.25) is 0 Å². The van der Waals surface area contributed by atoms with Gasteiger partial charge in [0, 0.05) is 38.9 Å². The molecule has 1 fully saturated rings. The molecule has 2 rings (SSSR count). The van der Waals surface area contributed by atoms with Crippen LogP contribution in [0.4, 0.5) is 17.6 Å². The average molecular weight is 265 g/mol. The van der Waals surface area contributed by atoms with Crippen LogP contribution in [0.1, 0.15) is 26.2 Å². The van der Waals surface area contributed by atoms with Gasteiger partial charge in [0.25, 0.3) is 0 Å². The fourth-order valence-electron chi connectivity index (χ4n) is 2.24. The number of nitrogens with one attached hydrogen (secondary N) is 1. The van der Waals surface area contributed by atoms with E-state index < -0.39 is 0 Å². The van der Waals surface area contributed by atoms with E-state index in [4.69, 9.17) is 10.5 Å². The average Bonchev–Trinajstić information content (AvgIpc) is 2.44. The van der Waals surface area contributed by atoms with Crippen molar-refractivity contribution in [3.63, 3.8) is 0 Å². The highest BCUT2D eigenvalue weighted by molar-refractivity contribution is 5.52. The molecule has 1 aliphatic rings. The minimum atomic E-state index is 0.315. The Morgan fingerprint density at radius 2 is 2.16 bits per heavy atom. The lowest BCUT2D eigenvalue weighted by atomic mass is 10.1. The molecule has 19 heavy (non-hydrogen) atoms. The third-order valence-corrected chi connectivity index (χ3v) is 3.39. The first-order chi connectivity index (χ1) is 9.20. The van der Waals surface area contributed by atoms with Crippen LogP contribution >= 0.6 is 0 Å². The van der Waals surface area contributed by atoms with Crippen LogP contribution in [-0.2, 0) is 4.74 Å². The van der Waals surface area contributed by atoms with Gasteiger partial charge in [0.05, 0.1) is 0 Å². The second-order valence-corrected chi connectivity index (χ2v) is 4.85. The minimum Gasteiger partial charge on any atom is -0.381 e. The van der Waals surface area contributed by atoms with Crippen molar-refractivity contribution in [2.75, 3.05) is 42.8 Å². The summed E-state index contributed by atoms with van der Waals surface area (Å²) in [5.74, 6) is 1.98. The van der Waals surface area contributed by atoms with Gasteiger partial charge in [-0.25, -0.2) is 0 Å². The van der Waals surface area contributed by atoms with Gasteiger partial charge < -0.3 is 20.7 Å². The van der Waals surface area contributed by atoms with Crippen molar-refractivity contribution >= 4 is 17.6 Å². The second kappa shape index (κ2) is 6.56. The SMILES string of the molecule is CCCNc1cc(N(C)C2CCOCC2)nc(N)n1. The predicted molar refractivity (Wildman–Crippen MR) is 77.5 cm³/mol. The lowest BCUT2D eigenvalue weighted by Crippen LogP contribution is -2.37. The molecule has 1 aromatic rings. The fourth-order valence-corrected chi connectivity index (χ4v) is 2.24. The number of aromatic nitrogens is 2. The largest absolute Gasteiger partial charge is 0.381 e. The van der Waals surface area contributed by atoms with Crippen molar-refractivity contribution in [1.29, 1.82) is 0 Å². The molecule has 1 aromatic heterocycles. The van der Waals surface area contributed by atoms with Crippen molar-refractivity contribution in [2.24, 2.45) is 0 Å². The summed E-state index contributed by atoms with van der Waals surface area (Å²) in [7, 11) is 2.06. The van der Waals surface area contributed by atoms with E-state index in [0.717, 1.165) is 50.7 Å². The zero-order valence-electron chi connectivity index (χ0n) is 11.7. The normalized spacial score (nSPS) is 16.3. The second-order valence-electron chi connectivity index (χ2n) is 4.85. The lowest BCUT2D eigenvalue weighted by Gasteiger charge is -2.32. The summed E-state index contributed by atoms with van der Waals surface area (Å²) >= 11 is 0. The van der Waals surface area contributed by atoms with E-state index in [2.05, 4.69) is 34.2 Å². The first-order valence-electron chi connectivity index (χ1n) is 6.89. The van der Waals surface area contributed by atoms with Crippen LogP contribution in [0.25, 0.3) is 0 Å². The summed E-state index contributed by atoms with van der Waals surface area (Å²) in [5.41, 5.74) is 5.78. The Labute approximate surface area is 114 Å². The van der Waals surface area contributed by atoms with E-state index in [1.165, 1.54) is 0 Å². The molecule has 0 bridgehead atoms. The molecule has 0 aromatic carbocycles. The Morgan fingerprint density at radius 3 is 2.84 bits per heavy atom. The van der Waals surface area contributed by atoms with E-state index in [1.54, 1.807) is 0 Å². The summed E-state index contributed by atoms with van der Waals surface area (Å²) in [4.78, 5) is 10.7. The zero-order valence-corrected chi connectivity index (χ0v) is 11.7. The molecule has 0 amide bonds. The number of nitrogens with zero attached hydrogens (tertiary/aromatic N) is 3. The number of hydrogen-bond acceptors (Lipinski definition) is 6. The van der Waals surface area contributed by atoms with Gasteiger partial charge in [0.2, 0.25) is 5.95 Å². The number of nitrogen functional groups attached to an aromatic ring is 1. The van der Waals surface area contributed by atoms with Gasteiger partial charge in [-0.05, 0) is 19.3 Å². The van der Waals surface area contributed by atoms with Gasteiger partial charge in [-0.1, -0.05) is 6.92 Å². The maximum absolute atomic E-state index is 5.78. The quantitative estimate of drug-likeness (QED) is 0.840. The van der Waals surface area contributed by atoms with Crippen molar-refractivity contribution in [1.82, 2.24) is 9.97 Å². The molecule has 0 saturated carbocycles. The number of ether oxygens (including phenoxy) is 1. The Balaban J connectivity index is 2.11. The molecule has 6 heteroatoms. The molecular weight excluding hydrogens is 242 g/mol. The summed E-state index contributed by atoms with van der Waals surface area (Å²) in [6, 6.07) is 2.42. The van der Waals surface area contributed by atoms with E-state index in [9.17, 15) is 0 Å². The topological polar surface area (TPSA) is 76.3 Å². The van der Waals surface area contributed by atoms with Crippen molar-refractivity contribution in [2.45, 2.75) is 32.2 Å². The van der Waals surface area contributed by atoms with Gasteiger partial charge in [-0.15, -0.1) is 0 Å². The van der Waals surface area contributed by atoms with Gasteiger partial charge >= 0.3 is 0 Å². The van der Waals surface area contributed by atoms with Crippen molar-refractivity contribution in [3.8, 4) is 0 Å². The first kappa shape index (κ1) is 13.9. The molecule has 1 aliphatic heterocycles. The number of nitrogens with two attached hydrogens (primary N) is 1. The molecule has 1 saturated heterocycles. The maximum atomic E-state index is 5.78. The Morgan fingerprint density at radius 1 is 1.42 bits per heavy atom. The molecular formula is C13H23N5O. The summed E-state index contributed by atoms with van der Waals surface area (Å²) in [5, 5.41) is 3.25. The molecule has 0 radical (unpaired) electrons. The van der Waals surface area contributed by atoms with Crippen LogP contribution in [0.3, 0.4) is 0 Å². The molecule has 0 aliphatic carbocycles. The summed E-state index contributed by atoms with van der Waals surface area (Å²) < 4.78 is 5.39. The Hall–Kier alpha value is -1.56. The molecule has 0 unspecified atom stereocenters. The van der Waals surface area contributed by atoms with Gasteiger partial charge in [0.15, 0.2) is 0 Å². The zero-order chi connectivity index (χ0) is 13.7. The predicted octanol–water partition coefficient (Wildman–Crippen LogP) is 1.50. The van der Waals surface area contributed by atoms with Crippen LogP contribution in [0.2, 0.25) is 0 Å². The monoisotopic (exact) mass is 265 g/mol. The molecule has 2 heterocycles. The highest BCUT2D eigenvalue weighted by atomic mass is 16.5. The highest BCUT2D eigenvalue weighted by Crippen LogP contribution is 2.22. The van der Waals surface area contributed by atoms with Crippen LogP contribution in [0, 0.1) is 0 Å². The molecule has 0 spiro atoms. The third kappa shape index (κ3) is 3.70. The Bertz CT molecular complexity index is 406. The number of anilines is 3. The number of hydrogen-bond donors (Lipinski definition) is 2. The highest BCUT2D eigenvalue weighted by Gasteiger charge is 2.20. The summed E-state index contributed by atoms with van der Waals surface area (Å²) in [6.45, 7) is 4.64. The summed E-state index contributed by atoms with van der Waals surface area (Å²) in [6.07, 6.45) is 3.10. The fraction of sp³-hybridized carbons (Fsp3) is 0.692. The van der Waals surface area contributed by atoms with E-state index in [-0.39, 0.29) is 0 Å². The smallest absolute Gasteiger partial charge is 0.223 e. The standard InChI is InChI=1S/C13H23N5O/c1-3-6-15-11-9-12(17-13(14)16-11)18(2)10-4-7-19-8-5-10/h9-10H,3-8H2,1-2H3,(H3,14,15,16,17). The third-order valence-electron chi connectivity index (χ3n) is 3.39. The number of rotatable bonds is 5. The molecule has 106 valence electrons. The minimum absolute atomic E-state index is 0.315. The first-order valence-corrected chi connectivity index (χ1v) is 6.89. The van der Waals surface area contributed by atoms with Crippen molar-refractivity contribution < 1.29 is 4.74 Å². The van der Waals surface area contributed by atoms with E-state index in [0.29, 0.717) is 12.0 Å². The Kier molecular flexibility index (Phi) is 4.79. The van der Waals surface area contributed by atoms with Gasteiger partial charge in [-0.2, -0.15) is 9.97 Å². The van der Waals surface area contributed by atoms with Crippen molar-refractivity contribution in [3.05, 3.63) is 6.07 Å². The van der Waals surface area contributed by atoms with Crippen LogP contribution in [-0.4, -0.2) is 42.8 Å². The van der Waals surface area contributed by atoms with Crippen LogP contribution in [0.5, 0.6) is 0 Å². The van der Waals surface area contributed by atoms with Gasteiger partial charge in [0.1, 0.15) is 11.6 Å².